The van der Waals surface area contributed by atoms with Crippen LogP contribution in [0.2, 0.25) is 0 Å². The lowest BCUT2D eigenvalue weighted by molar-refractivity contribution is 0.0876. The van der Waals surface area contributed by atoms with E-state index >= 15 is 0 Å². The third-order valence-electron chi connectivity index (χ3n) is 5.92. The first-order chi connectivity index (χ1) is 13.2. The van der Waals surface area contributed by atoms with Crippen molar-refractivity contribution in [1.29, 1.82) is 0 Å². The van der Waals surface area contributed by atoms with Crippen molar-refractivity contribution >= 4 is 17.7 Å². The summed E-state index contributed by atoms with van der Waals surface area (Å²) in [6.45, 7) is 1.88. The number of fused-ring (bicyclic) bond motifs is 1. The first-order valence-corrected chi connectivity index (χ1v) is 11.0. The number of nitrogens with one attached hydrogen (secondary N) is 1. The number of aryl methyl sites for hydroxylation is 1. The van der Waals surface area contributed by atoms with E-state index in [9.17, 15) is 4.79 Å². The molecule has 2 aliphatic carbocycles. The maximum absolute atomic E-state index is 12.9. The SMILES string of the molecule is Cc1cc(CSc2ncccc2C(=O)N[C@H]2CC[C@@H]3CCCC[C@@H]3C2)no1. The van der Waals surface area contributed by atoms with Crippen molar-refractivity contribution in [3.8, 4) is 0 Å². The zero-order valence-corrected chi connectivity index (χ0v) is 16.6. The summed E-state index contributed by atoms with van der Waals surface area (Å²) in [4.78, 5) is 17.3. The van der Waals surface area contributed by atoms with Crippen LogP contribution in [-0.4, -0.2) is 22.1 Å². The summed E-state index contributed by atoms with van der Waals surface area (Å²) < 4.78 is 5.11. The Kier molecular flexibility index (Phi) is 5.81. The molecule has 1 N–H and O–H groups in total. The van der Waals surface area contributed by atoms with Gasteiger partial charge in [-0.2, -0.15) is 0 Å². The summed E-state index contributed by atoms with van der Waals surface area (Å²) in [7, 11) is 0. The molecule has 2 aromatic heterocycles. The van der Waals surface area contributed by atoms with E-state index in [1.54, 1.807) is 6.20 Å². The summed E-state index contributed by atoms with van der Waals surface area (Å²) in [5, 5.41) is 8.05. The molecule has 0 spiro atoms. The molecule has 2 aromatic rings. The van der Waals surface area contributed by atoms with Crippen molar-refractivity contribution in [2.24, 2.45) is 11.8 Å². The molecule has 0 radical (unpaired) electrons. The third-order valence-corrected chi connectivity index (χ3v) is 6.96. The topological polar surface area (TPSA) is 68.0 Å². The maximum atomic E-state index is 12.9. The number of pyridine rings is 1. The van der Waals surface area contributed by atoms with Crippen LogP contribution in [0.1, 0.15) is 66.8 Å². The highest BCUT2D eigenvalue weighted by molar-refractivity contribution is 7.98. The molecular weight excluding hydrogens is 358 g/mol. The van der Waals surface area contributed by atoms with E-state index in [4.69, 9.17) is 4.52 Å². The van der Waals surface area contributed by atoms with Crippen molar-refractivity contribution in [3.05, 3.63) is 41.4 Å². The second-order valence-electron chi connectivity index (χ2n) is 7.86. The smallest absolute Gasteiger partial charge is 0.254 e. The second-order valence-corrected chi connectivity index (χ2v) is 8.83. The molecule has 0 aliphatic heterocycles. The molecule has 3 atom stereocenters. The molecule has 2 saturated carbocycles. The molecule has 2 fully saturated rings. The number of nitrogens with zero attached hydrogens (tertiary/aromatic N) is 2. The molecule has 0 unspecified atom stereocenters. The summed E-state index contributed by atoms with van der Waals surface area (Å²) in [6.07, 6.45) is 10.7. The lowest BCUT2D eigenvalue weighted by atomic mass is 9.69. The lowest BCUT2D eigenvalue weighted by Gasteiger charge is -2.39. The molecule has 2 heterocycles. The Balaban J connectivity index is 1.38. The van der Waals surface area contributed by atoms with Crippen LogP contribution < -0.4 is 5.32 Å². The third kappa shape index (κ3) is 4.54. The van der Waals surface area contributed by atoms with E-state index in [0.717, 1.165) is 41.2 Å². The average molecular weight is 386 g/mol. The number of aromatic nitrogens is 2. The molecular formula is C21H27N3O2S. The van der Waals surface area contributed by atoms with Gasteiger partial charge >= 0.3 is 0 Å². The lowest BCUT2D eigenvalue weighted by Crippen LogP contribution is -2.41. The normalized spacial score (nSPS) is 25.0. The fourth-order valence-electron chi connectivity index (χ4n) is 4.57. The van der Waals surface area contributed by atoms with Gasteiger partial charge in [0.15, 0.2) is 0 Å². The van der Waals surface area contributed by atoms with Gasteiger partial charge in [-0.15, -0.1) is 0 Å². The summed E-state index contributed by atoms with van der Waals surface area (Å²) in [6, 6.07) is 5.91. The number of amides is 1. The van der Waals surface area contributed by atoms with Crippen molar-refractivity contribution in [2.45, 2.75) is 68.7 Å². The Labute approximate surface area is 164 Å². The minimum absolute atomic E-state index is 0.00110. The largest absolute Gasteiger partial charge is 0.361 e. The monoisotopic (exact) mass is 385 g/mol. The van der Waals surface area contributed by atoms with Gasteiger partial charge in [-0.25, -0.2) is 4.98 Å². The zero-order valence-electron chi connectivity index (χ0n) is 15.8. The maximum Gasteiger partial charge on any atom is 0.254 e. The second kappa shape index (κ2) is 8.46. The Morgan fingerprint density at radius 2 is 2.11 bits per heavy atom. The van der Waals surface area contributed by atoms with E-state index in [2.05, 4.69) is 15.5 Å². The molecule has 1 amide bonds. The Hall–Kier alpha value is -1.82. The summed E-state index contributed by atoms with van der Waals surface area (Å²) >= 11 is 1.53. The van der Waals surface area contributed by atoms with Crippen LogP contribution >= 0.6 is 11.8 Å². The number of carbonyl (C=O) groups is 1. The fraction of sp³-hybridized carbons (Fsp3) is 0.571. The van der Waals surface area contributed by atoms with Gasteiger partial charge in [0.05, 0.1) is 11.3 Å². The van der Waals surface area contributed by atoms with E-state index < -0.39 is 0 Å². The molecule has 0 saturated heterocycles. The standard InChI is InChI=1S/C21H27N3O2S/c1-14-11-18(24-26-14)13-27-21-19(7-4-10-22-21)20(25)23-17-9-8-15-5-2-3-6-16(15)12-17/h4,7,10-11,15-17H,2-3,5-6,8-9,12-13H2,1H3,(H,23,25)/t15-,16+,17-/m0/s1. The number of carbonyl (C=O) groups excluding carboxylic acids is 1. The molecule has 0 bridgehead atoms. The van der Waals surface area contributed by atoms with Crippen LogP contribution in [0.4, 0.5) is 0 Å². The molecule has 4 rings (SSSR count). The molecule has 6 heteroatoms. The quantitative estimate of drug-likeness (QED) is 0.752. The van der Waals surface area contributed by atoms with E-state index in [-0.39, 0.29) is 5.91 Å². The van der Waals surface area contributed by atoms with E-state index in [1.165, 1.54) is 43.9 Å². The van der Waals surface area contributed by atoms with E-state index in [1.807, 2.05) is 25.1 Å². The van der Waals surface area contributed by atoms with Gasteiger partial charge in [-0.05, 0) is 50.2 Å². The summed E-state index contributed by atoms with van der Waals surface area (Å²) in [5.74, 6) is 3.13. The Morgan fingerprint density at radius 1 is 1.26 bits per heavy atom. The molecule has 27 heavy (non-hydrogen) atoms. The van der Waals surface area contributed by atoms with Crippen LogP contribution in [0.25, 0.3) is 0 Å². The van der Waals surface area contributed by atoms with Crippen LogP contribution in [0.3, 0.4) is 0 Å². The van der Waals surface area contributed by atoms with Crippen molar-refractivity contribution in [3.63, 3.8) is 0 Å². The predicted octanol–water partition coefficient (Wildman–Crippen LogP) is 4.76. The van der Waals surface area contributed by atoms with E-state index in [0.29, 0.717) is 17.4 Å². The number of hydrogen-bond donors (Lipinski definition) is 1. The highest BCUT2D eigenvalue weighted by Gasteiger charge is 2.33. The summed E-state index contributed by atoms with van der Waals surface area (Å²) in [5.41, 5.74) is 1.53. The van der Waals surface area contributed by atoms with Gasteiger partial charge in [-0.1, -0.05) is 42.6 Å². The van der Waals surface area contributed by atoms with Crippen LogP contribution in [0.5, 0.6) is 0 Å². The predicted molar refractivity (Wildman–Crippen MR) is 106 cm³/mol. The van der Waals surface area contributed by atoms with Crippen molar-refractivity contribution in [1.82, 2.24) is 15.5 Å². The molecule has 0 aromatic carbocycles. The van der Waals surface area contributed by atoms with Gasteiger partial charge < -0.3 is 9.84 Å². The number of thioether (sulfide) groups is 1. The molecule has 2 aliphatic rings. The Bertz CT molecular complexity index is 791. The highest BCUT2D eigenvalue weighted by Crippen LogP contribution is 2.40. The minimum atomic E-state index is 0.00110. The Morgan fingerprint density at radius 3 is 2.93 bits per heavy atom. The minimum Gasteiger partial charge on any atom is -0.361 e. The van der Waals surface area contributed by atoms with Crippen LogP contribution in [0.15, 0.2) is 33.9 Å². The number of rotatable bonds is 5. The fourth-order valence-corrected chi connectivity index (χ4v) is 5.45. The zero-order chi connectivity index (χ0) is 18.6. The van der Waals surface area contributed by atoms with Gasteiger partial charge in [-0.3, -0.25) is 4.79 Å². The van der Waals surface area contributed by atoms with Crippen LogP contribution in [0, 0.1) is 18.8 Å². The van der Waals surface area contributed by atoms with Gasteiger partial charge in [0.1, 0.15) is 10.8 Å². The van der Waals surface area contributed by atoms with Crippen LogP contribution in [-0.2, 0) is 5.75 Å². The first kappa shape index (κ1) is 18.5. The molecule has 5 nitrogen and oxygen atoms in total. The van der Waals surface area contributed by atoms with Crippen molar-refractivity contribution < 1.29 is 9.32 Å². The van der Waals surface area contributed by atoms with Gasteiger partial charge in [0.25, 0.3) is 5.91 Å². The van der Waals surface area contributed by atoms with Gasteiger partial charge in [0, 0.05) is 24.1 Å². The number of hydrogen-bond acceptors (Lipinski definition) is 5. The van der Waals surface area contributed by atoms with Gasteiger partial charge in [0.2, 0.25) is 0 Å². The first-order valence-electron chi connectivity index (χ1n) is 10.00. The highest BCUT2D eigenvalue weighted by atomic mass is 32.2. The van der Waals surface area contributed by atoms with Crippen molar-refractivity contribution in [2.75, 3.05) is 0 Å². The average Bonchev–Trinajstić information content (AvgIpc) is 3.11. The molecule has 144 valence electrons.